The normalized spacial score (nSPS) is 26.5. The molecule has 1 aliphatic heterocycles. The lowest BCUT2D eigenvalue weighted by Gasteiger charge is -2.38. The molecule has 5 nitrogen and oxygen atoms in total. The minimum absolute atomic E-state index is 0.283. The van der Waals surface area contributed by atoms with E-state index in [9.17, 15) is 4.79 Å². The van der Waals surface area contributed by atoms with Crippen molar-refractivity contribution >= 4 is 5.97 Å². The number of methoxy groups -OCH3 is 2. The molecule has 0 aromatic carbocycles. The van der Waals surface area contributed by atoms with Gasteiger partial charge in [0.25, 0.3) is 0 Å². The molecule has 138 valence electrons. The molecule has 0 radical (unpaired) electrons. The quantitative estimate of drug-likeness (QED) is 0.271. The Balaban J connectivity index is 2.41. The minimum Gasteiger partial charge on any atom is -0.469 e. The molecule has 0 bridgehead atoms. The van der Waals surface area contributed by atoms with Gasteiger partial charge in [0, 0.05) is 20.0 Å². The number of allylic oxidation sites excluding steroid dienone is 4. The van der Waals surface area contributed by atoms with Gasteiger partial charge in [0.15, 0.2) is 0 Å². The first kappa shape index (κ1) is 20.9. The maximum Gasteiger partial charge on any atom is 0.311 e. The molecule has 0 aliphatic carbocycles. The van der Waals surface area contributed by atoms with Crippen LogP contribution < -0.4 is 0 Å². The SMILES string of the molecule is CC/C=C(C)/C=C/CCC[C@]1(OC)CC[C@H]([C@@H](C)C(=O)OC)OO1. The van der Waals surface area contributed by atoms with Crippen LogP contribution in [0.4, 0.5) is 0 Å². The molecule has 0 N–H and O–H groups in total. The van der Waals surface area contributed by atoms with Crippen LogP contribution in [0.25, 0.3) is 0 Å². The fourth-order valence-corrected chi connectivity index (χ4v) is 2.83. The Hall–Kier alpha value is -1.17. The maximum absolute atomic E-state index is 11.6. The summed E-state index contributed by atoms with van der Waals surface area (Å²) in [5.41, 5.74) is 1.29. The largest absolute Gasteiger partial charge is 0.469 e. The van der Waals surface area contributed by atoms with E-state index >= 15 is 0 Å². The highest BCUT2D eigenvalue weighted by Crippen LogP contribution is 2.34. The number of carbonyl (C=O) groups is 1. The fraction of sp³-hybridized carbons (Fsp3) is 0.737. The van der Waals surface area contributed by atoms with Crippen LogP contribution in [0.3, 0.4) is 0 Å². The summed E-state index contributed by atoms with van der Waals surface area (Å²) in [6, 6.07) is 0. The van der Waals surface area contributed by atoms with E-state index in [0.29, 0.717) is 12.8 Å². The highest BCUT2D eigenvalue weighted by atomic mass is 17.2. The number of rotatable bonds is 9. The van der Waals surface area contributed by atoms with Gasteiger partial charge in [-0.25, -0.2) is 9.78 Å². The van der Waals surface area contributed by atoms with E-state index in [-0.39, 0.29) is 18.0 Å². The van der Waals surface area contributed by atoms with Crippen molar-refractivity contribution in [2.45, 2.75) is 71.2 Å². The van der Waals surface area contributed by atoms with E-state index in [1.807, 2.05) is 0 Å². The predicted molar refractivity (Wildman–Crippen MR) is 93.2 cm³/mol. The van der Waals surface area contributed by atoms with Gasteiger partial charge < -0.3 is 9.47 Å². The van der Waals surface area contributed by atoms with E-state index < -0.39 is 5.79 Å². The zero-order valence-electron chi connectivity index (χ0n) is 15.7. The van der Waals surface area contributed by atoms with Crippen molar-refractivity contribution < 1.29 is 24.0 Å². The number of hydrogen-bond acceptors (Lipinski definition) is 5. The van der Waals surface area contributed by atoms with Crippen LogP contribution in [0.5, 0.6) is 0 Å². The van der Waals surface area contributed by atoms with Gasteiger partial charge in [0.1, 0.15) is 6.10 Å². The third-order valence-electron chi connectivity index (χ3n) is 4.47. The zero-order chi connectivity index (χ0) is 18.0. The molecule has 0 saturated carbocycles. The van der Waals surface area contributed by atoms with Crippen molar-refractivity contribution in [3.63, 3.8) is 0 Å². The van der Waals surface area contributed by atoms with Crippen LogP contribution in [0.15, 0.2) is 23.8 Å². The molecular formula is C19H32O5. The molecule has 1 heterocycles. The van der Waals surface area contributed by atoms with E-state index in [2.05, 4.69) is 32.1 Å². The van der Waals surface area contributed by atoms with Crippen LogP contribution in [0, 0.1) is 5.92 Å². The van der Waals surface area contributed by atoms with Gasteiger partial charge in [-0.05, 0) is 39.5 Å². The zero-order valence-corrected chi connectivity index (χ0v) is 15.7. The number of unbranched alkanes of at least 4 members (excludes halogenated alkanes) is 1. The van der Waals surface area contributed by atoms with E-state index in [4.69, 9.17) is 19.2 Å². The average Bonchev–Trinajstić information content (AvgIpc) is 2.61. The first-order valence-corrected chi connectivity index (χ1v) is 8.78. The van der Waals surface area contributed by atoms with Crippen LogP contribution in [-0.4, -0.2) is 32.1 Å². The second kappa shape index (κ2) is 10.6. The van der Waals surface area contributed by atoms with Gasteiger partial charge in [-0.1, -0.05) is 30.7 Å². The molecule has 1 aliphatic rings. The summed E-state index contributed by atoms with van der Waals surface area (Å²) in [7, 11) is 3.02. The van der Waals surface area contributed by atoms with Crippen molar-refractivity contribution in [1.29, 1.82) is 0 Å². The first-order valence-electron chi connectivity index (χ1n) is 8.78. The molecule has 24 heavy (non-hydrogen) atoms. The van der Waals surface area contributed by atoms with E-state index in [1.165, 1.54) is 12.7 Å². The molecule has 0 amide bonds. The summed E-state index contributed by atoms with van der Waals surface area (Å²) < 4.78 is 10.3. The number of carbonyl (C=O) groups excluding carboxylic acids is 1. The number of esters is 1. The Bertz CT molecular complexity index is 433. The van der Waals surface area contributed by atoms with Crippen molar-refractivity contribution in [2.75, 3.05) is 14.2 Å². The number of ether oxygens (including phenoxy) is 2. The minimum atomic E-state index is -0.714. The number of hydrogen-bond donors (Lipinski definition) is 0. The Morgan fingerprint density at radius 1 is 1.42 bits per heavy atom. The second-order valence-corrected chi connectivity index (χ2v) is 6.33. The Kier molecular flexibility index (Phi) is 9.26. The second-order valence-electron chi connectivity index (χ2n) is 6.33. The molecule has 0 aromatic heterocycles. The molecule has 5 heteroatoms. The molecule has 0 spiro atoms. The first-order chi connectivity index (χ1) is 11.5. The van der Waals surface area contributed by atoms with Gasteiger partial charge in [-0.15, -0.1) is 0 Å². The Labute approximate surface area is 145 Å². The standard InChI is InChI=1S/C19H32O5/c1-6-10-15(2)11-8-7-9-13-19(22-5)14-12-17(23-24-19)16(3)18(20)21-4/h8,10-11,16-17H,6-7,9,12-14H2,1-5H3/b11-8+,15-10+/t16-,17-,19-/m1/s1. The van der Waals surface area contributed by atoms with Crippen LogP contribution in [0.1, 0.15) is 59.3 Å². The van der Waals surface area contributed by atoms with Crippen molar-refractivity contribution in [3.8, 4) is 0 Å². The molecular weight excluding hydrogens is 308 g/mol. The van der Waals surface area contributed by atoms with Gasteiger partial charge in [0.05, 0.1) is 13.0 Å². The predicted octanol–water partition coefficient (Wildman–Crippen LogP) is 4.33. The van der Waals surface area contributed by atoms with Gasteiger partial charge in [0.2, 0.25) is 5.79 Å². The van der Waals surface area contributed by atoms with Crippen molar-refractivity contribution in [3.05, 3.63) is 23.8 Å². The van der Waals surface area contributed by atoms with Gasteiger partial charge in [-0.2, -0.15) is 0 Å². The molecule has 0 aromatic rings. The van der Waals surface area contributed by atoms with Crippen molar-refractivity contribution in [2.24, 2.45) is 5.92 Å². The average molecular weight is 340 g/mol. The maximum atomic E-state index is 11.6. The van der Waals surface area contributed by atoms with E-state index in [1.54, 1.807) is 14.0 Å². The molecule has 1 fully saturated rings. The lowest BCUT2D eigenvalue weighted by atomic mass is 9.94. The van der Waals surface area contributed by atoms with Crippen LogP contribution >= 0.6 is 0 Å². The summed E-state index contributed by atoms with van der Waals surface area (Å²) in [5.74, 6) is -1.34. The topological polar surface area (TPSA) is 54.0 Å². The van der Waals surface area contributed by atoms with Gasteiger partial charge >= 0.3 is 5.97 Å². The Morgan fingerprint density at radius 3 is 2.71 bits per heavy atom. The summed E-state index contributed by atoms with van der Waals surface area (Å²) in [6.07, 6.45) is 11.4. The summed E-state index contributed by atoms with van der Waals surface area (Å²) in [5, 5.41) is 0. The molecule has 0 unspecified atom stereocenters. The van der Waals surface area contributed by atoms with Crippen LogP contribution in [0.2, 0.25) is 0 Å². The third kappa shape index (κ3) is 6.38. The third-order valence-corrected chi connectivity index (χ3v) is 4.47. The van der Waals surface area contributed by atoms with Crippen molar-refractivity contribution in [1.82, 2.24) is 0 Å². The van der Waals surface area contributed by atoms with E-state index in [0.717, 1.165) is 25.7 Å². The summed E-state index contributed by atoms with van der Waals surface area (Å²) in [4.78, 5) is 22.6. The Morgan fingerprint density at radius 2 is 2.17 bits per heavy atom. The molecule has 1 saturated heterocycles. The summed E-state index contributed by atoms with van der Waals surface area (Å²) >= 11 is 0. The van der Waals surface area contributed by atoms with Crippen LogP contribution in [-0.2, 0) is 24.0 Å². The monoisotopic (exact) mass is 340 g/mol. The fourth-order valence-electron chi connectivity index (χ4n) is 2.83. The molecule has 1 rings (SSSR count). The molecule has 3 atom stereocenters. The summed E-state index contributed by atoms with van der Waals surface area (Å²) in [6.45, 7) is 6.03. The smallest absolute Gasteiger partial charge is 0.311 e. The lowest BCUT2D eigenvalue weighted by Crippen LogP contribution is -2.44. The highest BCUT2D eigenvalue weighted by molar-refractivity contribution is 5.72. The highest BCUT2D eigenvalue weighted by Gasteiger charge is 2.41. The lowest BCUT2D eigenvalue weighted by molar-refractivity contribution is -0.469. The van der Waals surface area contributed by atoms with Gasteiger partial charge in [-0.3, -0.25) is 4.79 Å².